The first kappa shape index (κ1) is 22.0. The van der Waals surface area contributed by atoms with E-state index in [4.69, 9.17) is 4.74 Å². The second-order valence-electron chi connectivity index (χ2n) is 7.63. The molecule has 5 rings (SSSR count). The molecule has 0 bridgehead atoms. The van der Waals surface area contributed by atoms with Gasteiger partial charge in [0.1, 0.15) is 22.8 Å². The van der Waals surface area contributed by atoms with E-state index in [0.717, 1.165) is 0 Å². The fourth-order valence-electron chi connectivity index (χ4n) is 3.65. The zero-order chi connectivity index (χ0) is 24.5. The van der Waals surface area contributed by atoms with Gasteiger partial charge in [-0.1, -0.05) is 12.1 Å². The summed E-state index contributed by atoms with van der Waals surface area (Å²) in [4.78, 5) is 33.1. The topological polar surface area (TPSA) is 120 Å². The molecule has 1 amide bonds. The number of benzene rings is 2. The molecule has 0 saturated heterocycles. The number of aryl methyl sites for hydroxylation is 1. The molecule has 3 heterocycles. The van der Waals surface area contributed by atoms with Crippen molar-refractivity contribution in [2.24, 2.45) is 0 Å². The lowest BCUT2D eigenvalue weighted by Gasteiger charge is -2.11. The fourth-order valence-corrected chi connectivity index (χ4v) is 3.65. The number of anilines is 1. The fraction of sp³-hybridized carbons (Fsp3) is 0.125. The number of nitrogens with zero attached hydrogens (tertiary/aromatic N) is 5. The number of hydrogen-bond acceptors (Lipinski definition) is 6. The Hall–Kier alpha value is -4.80. The number of halogens is 1. The first-order valence-electron chi connectivity index (χ1n) is 10.8. The first-order chi connectivity index (χ1) is 16.9. The quantitative estimate of drug-likeness (QED) is 0.390. The summed E-state index contributed by atoms with van der Waals surface area (Å²) in [5.74, 6) is 0.0263. The number of carbonyl (C=O) groups excluding carboxylic acids is 1. The number of nitrogens with one attached hydrogen (secondary N) is 2. The normalized spacial score (nSPS) is 11.1. The average molecular weight is 473 g/mol. The van der Waals surface area contributed by atoms with E-state index in [2.05, 4.69) is 25.5 Å². The van der Waals surface area contributed by atoms with Crippen molar-refractivity contribution in [3.05, 3.63) is 88.2 Å². The smallest absolute Gasteiger partial charge is 0.263 e. The predicted molar refractivity (Wildman–Crippen MR) is 127 cm³/mol. The van der Waals surface area contributed by atoms with Gasteiger partial charge in [-0.25, -0.2) is 9.07 Å². The molecule has 176 valence electrons. The molecule has 0 atom stereocenters. The predicted octanol–water partition coefficient (Wildman–Crippen LogP) is 3.39. The number of amides is 1. The summed E-state index contributed by atoms with van der Waals surface area (Å²) in [6.07, 6.45) is 1.38. The monoisotopic (exact) mass is 473 g/mol. The van der Waals surface area contributed by atoms with Gasteiger partial charge in [-0.05, 0) is 50.2 Å². The number of H-pyrrole nitrogens is 1. The Balaban J connectivity index is 1.56. The van der Waals surface area contributed by atoms with E-state index in [1.54, 1.807) is 37.3 Å². The van der Waals surface area contributed by atoms with E-state index in [1.165, 1.54) is 39.8 Å². The van der Waals surface area contributed by atoms with Crippen molar-refractivity contribution in [2.45, 2.75) is 13.8 Å². The van der Waals surface area contributed by atoms with Gasteiger partial charge in [0.2, 0.25) is 5.95 Å². The minimum absolute atomic E-state index is 0.0767. The number of fused-ring (bicyclic) bond motifs is 1. The van der Waals surface area contributed by atoms with Crippen molar-refractivity contribution >= 4 is 22.8 Å². The molecule has 10 nitrogen and oxygen atoms in total. The van der Waals surface area contributed by atoms with Crippen LogP contribution in [0.15, 0.2) is 65.6 Å². The van der Waals surface area contributed by atoms with Gasteiger partial charge in [-0.2, -0.15) is 19.9 Å². The van der Waals surface area contributed by atoms with Crippen LogP contribution in [0.2, 0.25) is 0 Å². The van der Waals surface area contributed by atoms with Crippen LogP contribution in [0.25, 0.3) is 22.7 Å². The summed E-state index contributed by atoms with van der Waals surface area (Å²) in [7, 11) is 0. The Morgan fingerprint density at radius 3 is 2.69 bits per heavy atom. The van der Waals surface area contributed by atoms with Crippen LogP contribution >= 0.6 is 0 Å². The molecular weight excluding hydrogens is 453 g/mol. The van der Waals surface area contributed by atoms with Crippen LogP contribution in [0, 0.1) is 12.7 Å². The van der Waals surface area contributed by atoms with Crippen molar-refractivity contribution in [3.63, 3.8) is 0 Å². The summed E-state index contributed by atoms with van der Waals surface area (Å²) in [5, 5.41) is 11.7. The Labute approximate surface area is 198 Å². The molecule has 0 aliphatic carbocycles. The maximum absolute atomic E-state index is 13.4. The van der Waals surface area contributed by atoms with Gasteiger partial charge in [0.25, 0.3) is 11.5 Å². The Morgan fingerprint density at radius 1 is 1.14 bits per heavy atom. The molecule has 0 unspecified atom stereocenters. The number of rotatable bonds is 6. The van der Waals surface area contributed by atoms with Crippen LogP contribution in [-0.4, -0.2) is 42.0 Å². The molecule has 2 aromatic carbocycles. The van der Waals surface area contributed by atoms with Crippen molar-refractivity contribution in [2.75, 3.05) is 11.9 Å². The summed E-state index contributed by atoms with van der Waals surface area (Å²) in [6.45, 7) is 4.00. The van der Waals surface area contributed by atoms with E-state index in [1.807, 2.05) is 6.92 Å². The largest absolute Gasteiger partial charge is 0.493 e. The summed E-state index contributed by atoms with van der Waals surface area (Å²) < 4.78 is 21.7. The summed E-state index contributed by atoms with van der Waals surface area (Å²) in [6, 6.07) is 14.2. The highest BCUT2D eigenvalue weighted by molar-refractivity contribution is 6.05. The number of carbonyl (C=O) groups is 1. The number of aromatic amines is 1. The molecule has 0 aliphatic heterocycles. The molecule has 0 aliphatic rings. The van der Waals surface area contributed by atoms with Gasteiger partial charge in [-0.15, -0.1) is 0 Å². The molecule has 11 heteroatoms. The minimum Gasteiger partial charge on any atom is -0.493 e. The summed E-state index contributed by atoms with van der Waals surface area (Å²) in [5.41, 5.74) is 1.29. The van der Waals surface area contributed by atoms with E-state index in [9.17, 15) is 14.0 Å². The van der Waals surface area contributed by atoms with Gasteiger partial charge in [-0.3, -0.25) is 14.6 Å². The Kier molecular flexibility index (Phi) is 5.57. The van der Waals surface area contributed by atoms with Crippen molar-refractivity contribution in [1.29, 1.82) is 0 Å². The maximum atomic E-state index is 13.4. The molecule has 5 aromatic rings. The highest BCUT2D eigenvalue weighted by atomic mass is 19.1. The van der Waals surface area contributed by atoms with Crippen LogP contribution in [0.3, 0.4) is 0 Å². The standard InChI is InChI=1S/C24H20FN7O3/c1-3-35-19-7-5-4-6-17(19)22(33)27-20-12-14(2)30-32(20)24-28-21-18(23(34)29-24)13-26-31(21)16-10-8-15(25)9-11-16/h4-13H,3H2,1-2H3,(H,27,33)(H,28,29,34). The Bertz CT molecular complexity index is 1600. The van der Waals surface area contributed by atoms with Gasteiger partial charge < -0.3 is 10.1 Å². The van der Waals surface area contributed by atoms with Gasteiger partial charge in [0.15, 0.2) is 5.65 Å². The van der Waals surface area contributed by atoms with Crippen LogP contribution < -0.4 is 15.6 Å². The van der Waals surface area contributed by atoms with E-state index >= 15 is 0 Å². The van der Waals surface area contributed by atoms with Crippen LogP contribution in [-0.2, 0) is 0 Å². The van der Waals surface area contributed by atoms with Crippen molar-refractivity contribution in [1.82, 2.24) is 29.5 Å². The first-order valence-corrected chi connectivity index (χ1v) is 10.8. The Morgan fingerprint density at radius 2 is 1.91 bits per heavy atom. The molecular formula is C24H20FN7O3. The molecule has 0 spiro atoms. The number of aromatic nitrogens is 6. The summed E-state index contributed by atoms with van der Waals surface area (Å²) >= 11 is 0. The molecule has 35 heavy (non-hydrogen) atoms. The minimum atomic E-state index is -0.439. The third-order valence-corrected chi connectivity index (χ3v) is 5.20. The van der Waals surface area contributed by atoms with Crippen LogP contribution in [0.4, 0.5) is 10.2 Å². The molecule has 0 fully saturated rings. The molecule has 0 saturated carbocycles. The lowest BCUT2D eigenvalue weighted by atomic mass is 10.2. The van der Waals surface area contributed by atoms with E-state index < -0.39 is 17.3 Å². The van der Waals surface area contributed by atoms with Gasteiger partial charge in [0.05, 0.1) is 29.7 Å². The third-order valence-electron chi connectivity index (χ3n) is 5.20. The zero-order valence-electron chi connectivity index (χ0n) is 18.8. The van der Waals surface area contributed by atoms with Crippen molar-refractivity contribution < 1.29 is 13.9 Å². The highest BCUT2D eigenvalue weighted by Crippen LogP contribution is 2.22. The van der Waals surface area contributed by atoms with Crippen LogP contribution in [0.5, 0.6) is 5.75 Å². The van der Waals surface area contributed by atoms with E-state index in [0.29, 0.717) is 35.1 Å². The maximum Gasteiger partial charge on any atom is 0.263 e. The second kappa shape index (κ2) is 8.86. The lowest BCUT2D eigenvalue weighted by molar-refractivity contribution is 0.102. The van der Waals surface area contributed by atoms with Gasteiger partial charge in [0, 0.05) is 6.07 Å². The van der Waals surface area contributed by atoms with Crippen molar-refractivity contribution in [3.8, 4) is 17.4 Å². The zero-order valence-corrected chi connectivity index (χ0v) is 18.8. The van der Waals surface area contributed by atoms with Crippen LogP contribution in [0.1, 0.15) is 23.0 Å². The third kappa shape index (κ3) is 4.14. The van der Waals surface area contributed by atoms with E-state index in [-0.39, 0.29) is 17.0 Å². The van der Waals surface area contributed by atoms with Gasteiger partial charge >= 0.3 is 0 Å². The number of hydrogen-bond donors (Lipinski definition) is 2. The SMILES string of the molecule is CCOc1ccccc1C(=O)Nc1cc(C)nn1-c1nc2c(cnn2-c2ccc(F)cc2)c(=O)[nH]1. The molecule has 3 aromatic heterocycles. The number of ether oxygens (including phenoxy) is 1. The lowest BCUT2D eigenvalue weighted by Crippen LogP contribution is -2.19. The highest BCUT2D eigenvalue weighted by Gasteiger charge is 2.19. The molecule has 2 N–H and O–H groups in total. The second-order valence-corrected chi connectivity index (χ2v) is 7.63. The molecule has 0 radical (unpaired) electrons. The average Bonchev–Trinajstić information content (AvgIpc) is 3.43. The number of para-hydroxylation sites is 1.